The fourth-order valence-corrected chi connectivity index (χ4v) is 4.42. The highest BCUT2D eigenvalue weighted by atomic mass is 32.2. The van der Waals surface area contributed by atoms with Gasteiger partial charge >= 0.3 is 0 Å². The Hall–Kier alpha value is -3.66. The number of amides is 1. The Morgan fingerprint density at radius 3 is 2.67 bits per heavy atom. The molecular formula is C20H17N3O6S. The van der Waals surface area contributed by atoms with Crippen molar-refractivity contribution in [3.05, 3.63) is 87.9 Å². The van der Waals surface area contributed by atoms with Crippen LogP contribution in [-0.4, -0.2) is 30.7 Å². The van der Waals surface area contributed by atoms with Crippen LogP contribution in [0.5, 0.6) is 0 Å². The molecule has 0 fully saturated rings. The van der Waals surface area contributed by atoms with E-state index >= 15 is 0 Å². The van der Waals surface area contributed by atoms with Crippen LogP contribution < -0.4 is 4.72 Å². The maximum Gasteiger partial charge on any atom is 0.289 e. The second-order valence-electron chi connectivity index (χ2n) is 6.80. The average molecular weight is 427 g/mol. The Labute approximate surface area is 172 Å². The summed E-state index contributed by atoms with van der Waals surface area (Å²) in [6, 6.07) is 13.2. The predicted molar refractivity (Wildman–Crippen MR) is 107 cm³/mol. The minimum absolute atomic E-state index is 0.205. The molecule has 0 spiro atoms. The zero-order valence-electron chi connectivity index (χ0n) is 15.6. The number of hydrogen-bond acceptors (Lipinski definition) is 6. The number of benzene rings is 2. The van der Waals surface area contributed by atoms with Crippen molar-refractivity contribution in [2.75, 3.05) is 11.3 Å². The summed E-state index contributed by atoms with van der Waals surface area (Å²) in [5.41, 5.74) is 1.85. The minimum atomic E-state index is -4.01. The van der Waals surface area contributed by atoms with Crippen molar-refractivity contribution in [3.63, 3.8) is 0 Å². The highest BCUT2D eigenvalue weighted by Crippen LogP contribution is 2.26. The molecule has 3 aromatic rings. The van der Waals surface area contributed by atoms with Gasteiger partial charge in [-0.2, -0.15) is 0 Å². The molecule has 1 N–H and O–H groups in total. The van der Waals surface area contributed by atoms with Crippen LogP contribution >= 0.6 is 0 Å². The number of carbonyl (C=O) groups is 1. The van der Waals surface area contributed by atoms with Crippen molar-refractivity contribution in [2.45, 2.75) is 17.9 Å². The van der Waals surface area contributed by atoms with Crippen LogP contribution in [0, 0.1) is 10.1 Å². The van der Waals surface area contributed by atoms with Gasteiger partial charge in [-0.3, -0.25) is 19.6 Å². The third kappa shape index (κ3) is 3.90. The summed E-state index contributed by atoms with van der Waals surface area (Å²) in [5.74, 6) is 0.0224. The first-order valence-corrected chi connectivity index (χ1v) is 10.5. The SMILES string of the molecule is O=C(c1ccco1)N1CCc2ccc(NS(=O)(=O)c3cccc([N+](=O)[O-])c3)cc2C1. The van der Waals surface area contributed by atoms with Crippen molar-refractivity contribution in [3.8, 4) is 0 Å². The maximum atomic E-state index is 12.7. The molecule has 1 aliphatic rings. The summed E-state index contributed by atoms with van der Waals surface area (Å²) in [6.07, 6.45) is 2.08. The first-order chi connectivity index (χ1) is 14.3. The van der Waals surface area contributed by atoms with Crippen LogP contribution in [0.15, 0.2) is 70.2 Å². The highest BCUT2D eigenvalue weighted by Gasteiger charge is 2.24. The number of fused-ring (bicyclic) bond motifs is 1. The normalized spacial score (nSPS) is 13.5. The molecule has 1 amide bonds. The van der Waals surface area contributed by atoms with E-state index in [-0.39, 0.29) is 22.3 Å². The molecule has 0 saturated carbocycles. The molecule has 1 aromatic heterocycles. The zero-order valence-corrected chi connectivity index (χ0v) is 16.5. The molecule has 0 bridgehead atoms. The van der Waals surface area contributed by atoms with Gasteiger partial charge in [0.2, 0.25) is 0 Å². The Morgan fingerprint density at radius 1 is 1.10 bits per heavy atom. The van der Waals surface area contributed by atoms with Gasteiger partial charge in [0, 0.05) is 30.9 Å². The molecule has 0 unspecified atom stereocenters. The van der Waals surface area contributed by atoms with E-state index in [1.54, 1.807) is 29.2 Å². The van der Waals surface area contributed by atoms with Crippen LogP contribution in [0.2, 0.25) is 0 Å². The summed E-state index contributed by atoms with van der Waals surface area (Å²) in [6.45, 7) is 0.854. The van der Waals surface area contributed by atoms with Crippen molar-refractivity contribution in [2.24, 2.45) is 0 Å². The average Bonchev–Trinajstić information content (AvgIpc) is 3.27. The van der Waals surface area contributed by atoms with Gasteiger partial charge in [-0.15, -0.1) is 0 Å². The van der Waals surface area contributed by atoms with Gasteiger partial charge in [-0.25, -0.2) is 8.42 Å². The van der Waals surface area contributed by atoms with Gasteiger partial charge in [0.15, 0.2) is 5.76 Å². The van der Waals surface area contributed by atoms with Crippen molar-refractivity contribution in [1.82, 2.24) is 4.90 Å². The molecule has 0 atom stereocenters. The molecule has 1 aliphatic heterocycles. The molecular weight excluding hydrogens is 410 g/mol. The van der Waals surface area contributed by atoms with E-state index in [4.69, 9.17) is 4.42 Å². The Kier molecular flexibility index (Phi) is 5.00. The van der Waals surface area contributed by atoms with Gasteiger partial charge in [0.1, 0.15) is 0 Å². The van der Waals surface area contributed by atoms with Gasteiger partial charge in [0.25, 0.3) is 21.6 Å². The van der Waals surface area contributed by atoms with Crippen LogP contribution in [-0.2, 0) is 23.0 Å². The number of furan rings is 1. The third-order valence-electron chi connectivity index (χ3n) is 4.83. The Morgan fingerprint density at radius 2 is 1.93 bits per heavy atom. The fourth-order valence-electron chi connectivity index (χ4n) is 3.33. The van der Waals surface area contributed by atoms with Crippen molar-refractivity contribution >= 4 is 27.3 Å². The monoisotopic (exact) mass is 427 g/mol. The lowest BCUT2D eigenvalue weighted by atomic mass is 9.99. The lowest BCUT2D eigenvalue weighted by Gasteiger charge is -2.28. The van der Waals surface area contributed by atoms with E-state index in [2.05, 4.69) is 4.72 Å². The topological polar surface area (TPSA) is 123 Å². The quantitative estimate of drug-likeness (QED) is 0.493. The van der Waals surface area contributed by atoms with Gasteiger partial charge < -0.3 is 9.32 Å². The second-order valence-corrected chi connectivity index (χ2v) is 8.48. The smallest absolute Gasteiger partial charge is 0.289 e. The second kappa shape index (κ2) is 7.64. The molecule has 0 radical (unpaired) electrons. The first-order valence-electron chi connectivity index (χ1n) is 9.05. The maximum absolute atomic E-state index is 12.7. The predicted octanol–water partition coefficient (Wildman–Crippen LogP) is 3.19. The molecule has 10 heteroatoms. The van der Waals surface area contributed by atoms with E-state index < -0.39 is 14.9 Å². The van der Waals surface area contributed by atoms with Gasteiger partial charge in [0.05, 0.1) is 16.1 Å². The molecule has 2 heterocycles. The van der Waals surface area contributed by atoms with E-state index in [0.717, 1.165) is 17.2 Å². The lowest BCUT2D eigenvalue weighted by Crippen LogP contribution is -2.35. The molecule has 154 valence electrons. The number of hydrogen-bond donors (Lipinski definition) is 1. The van der Waals surface area contributed by atoms with Gasteiger partial charge in [-0.1, -0.05) is 12.1 Å². The number of anilines is 1. The van der Waals surface area contributed by atoms with E-state index in [9.17, 15) is 23.3 Å². The van der Waals surface area contributed by atoms with Crippen molar-refractivity contribution < 1.29 is 22.6 Å². The lowest BCUT2D eigenvalue weighted by molar-refractivity contribution is -0.385. The number of nitro groups is 1. The van der Waals surface area contributed by atoms with Gasteiger partial charge in [-0.05, 0) is 47.9 Å². The number of nitrogens with zero attached hydrogens (tertiary/aromatic N) is 2. The van der Waals surface area contributed by atoms with E-state index in [1.807, 2.05) is 6.07 Å². The Balaban J connectivity index is 1.56. The van der Waals surface area contributed by atoms with E-state index in [0.29, 0.717) is 25.2 Å². The molecule has 2 aromatic carbocycles. The molecule has 4 rings (SSSR count). The van der Waals surface area contributed by atoms with Crippen LogP contribution in [0.1, 0.15) is 21.7 Å². The molecule has 9 nitrogen and oxygen atoms in total. The standard InChI is InChI=1S/C20H17N3O6S/c24-20(19-5-2-10-29-19)22-9-8-14-6-7-16(11-15(14)13-22)21-30(27,28)18-4-1-3-17(12-18)23(25)26/h1-7,10-12,21H,8-9,13H2. The summed E-state index contributed by atoms with van der Waals surface area (Å²) in [5, 5.41) is 10.9. The number of nitrogens with one attached hydrogen (secondary N) is 1. The third-order valence-corrected chi connectivity index (χ3v) is 6.21. The largest absolute Gasteiger partial charge is 0.459 e. The Bertz CT molecular complexity index is 1220. The van der Waals surface area contributed by atoms with Crippen LogP contribution in [0.3, 0.4) is 0 Å². The molecule has 0 saturated heterocycles. The fraction of sp³-hybridized carbons (Fsp3) is 0.150. The first kappa shape index (κ1) is 19.6. The number of non-ortho nitro benzene ring substituents is 1. The number of nitro benzene ring substituents is 1. The number of sulfonamides is 1. The van der Waals surface area contributed by atoms with Crippen molar-refractivity contribution in [1.29, 1.82) is 0 Å². The van der Waals surface area contributed by atoms with Crippen LogP contribution in [0.25, 0.3) is 0 Å². The highest BCUT2D eigenvalue weighted by molar-refractivity contribution is 7.92. The van der Waals surface area contributed by atoms with Crippen LogP contribution in [0.4, 0.5) is 11.4 Å². The van der Waals surface area contributed by atoms with E-state index in [1.165, 1.54) is 24.5 Å². The molecule has 30 heavy (non-hydrogen) atoms. The summed E-state index contributed by atoms with van der Waals surface area (Å²) in [4.78, 5) is 24.2. The number of rotatable bonds is 5. The zero-order chi connectivity index (χ0) is 21.3. The summed E-state index contributed by atoms with van der Waals surface area (Å²) in [7, 11) is -4.01. The summed E-state index contributed by atoms with van der Waals surface area (Å²) >= 11 is 0. The molecule has 0 aliphatic carbocycles. The minimum Gasteiger partial charge on any atom is -0.459 e. The summed E-state index contributed by atoms with van der Waals surface area (Å²) < 4.78 is 32.9. The number of carbonyl (C=O) groups excluding carboxylic acids is 1.